The maximum atomic E-state index is 12.7. The summed E-state index contributed by atoms with van der Waals surface area (Å²) in [6.45, 7) is -0.365. The molecule has 8 N–H and O–H groups in total. The van der Waals surface area contributed by atoms with Gasteiger partial charge in [-0.1, -0.05) is 24.3 Å². The Morgan fingerprint density at radius 2 is 1.97 bits per heavy atom. The van der Waals surface area contributed by atoms with E-state index in [0.29, 0.717) is 21.3 Å². The third-order valence-corrected chi connectivity index (χ3v) is 7.88. The number of rotatable bonds is 7. The van der Waals surface area contributed by atoms with Gasteiger partial charge < -0.3 is 11.5 Å². The molecule has 2 aromatic carbocycles. The van der Waals surface area contributed by atoms with E-state index in [-0.39, 0.29) is 34.3 Å². The van der Waals surface area contributed by atoms with E-state index in [1.165, 1.54) is 23.5 Å². The minimum absolute atomic E-state index is 0.0519. The minimum Gasteiger partial charge on any atom is -0.382 e. The number of para-hydroxylation sites is 1. The lowest BCUT2D eigenvalue weighted by Crippen LogP contribution is -2.22. The highest BCUT2D eigenvalue weighted by atomic mass is 32.2. The van der Waals surface area contributed by atoms with E-state index >= 15 is 0 Å². The van der Waals surface area contributed by atoms with Crippen LogP contribution in [0.5, 0.6) is 0 Å². The van der Waals surface area contributed by atoms with Gasteiger partial charge in [0.1, 0.15) is 10.7 Å². The second-order valence-electron chi connectivity index (χ2n) is 6.81. The van der Waals surface area contributed by atoms with Gasteiger partial charge in [-0.3, -0.25) is 5.41 Å². The van der Waals surface area contributed by atoms with Crippen LogP contribution in [0.15, 0.2) is 35.2 Å². The van der Waals surface area contributed by atoms with Crippen molar-refractivity contribution >= 4 is 48.1 Å². The van der Waals surface area contributed by atoms with Gasteiger partial charge in [-0.15, -0.1) is 21.5 Å². The van der Waals surface area contributed by atoms with E-state index in [9.17, 15) is 16.8 Å². The molecule has 0 bridgehead atoms. The summed E-state index contributed by atoms with van der Waals surface area (Å²) in [5.74, 6) is -0.335. The second-order valence-corrected chi connectivity index (χ2v) is 10.5. The zero-order valence-corrected chi connectivity index (χ0v) is 19.1. The molecular weight excluding hydrogens is 490 g/mol. The molecule has 0 aliphatic carbocycles. The van der Waals surface area contributed by atoms with Crippen LogP contribution in [0.4, 0.5) is 0 Å². The smallest absolute Gasteiger partial charge is 0.239 e. The van der Waals surface area contributed by atoms with Crippen LogP contribution >= 0.6 is 11.3 Å². The normalized spacial score (nSPS) is 12.9. The fourth-order valence-electron chi connectivity index (χ4n) is 3.49. The SMILES string of the molecule is N=C(N)c1nc2c(-c3ccc(C(CN)[SH](=O)=O)c(S(N)(=O)=O)c3-c3nn[nH]n3)cccc2s1. The maximum Gasteiger partial charge on any atom is 0.239 e. The summed E-state index contributed by atoms with van der Waals surface area (Å²) in [7, 11) is -7.61. The van der Waals surface area contributed by atoms with Gasteiger partial charge in [0.05, 0.1) is 25.9 Å². The summed E-state index contributed by atoms with van der Waals surface area (Å²) >= 11 is 1.19. The number of thiol groups is 1. The van der Waals surface area contributed by atoms with Crippen molar-refractivity contribution in [3.63, 3.8) is 0 Å². The molecule has 0 spiro atoms. The Morgan fingerprint density at radius 3 is 2.55 bits per heavy atom. The average Bonchev–Trinajstić information content (AvgIpc) is 3.42. The zero-order valence-electron chi connectivity index (χ0n) is 16.6. The predicted molar refractivity (Wildman–Crippen MR) is 123 cm³/mol. The van der Waals surface area contributed by atoms with Gasteiger partial charge in [0.25, 0.3) is 0 Å². The van der Waals surface area contributed by atoms with E-state index in [0.717, 1.165) is 0 Å². The number of H-pyrrole nitrogens is 1. The molecule has 1 unspecified atom stereocenters. The summed E-state index contributed by atoms with van der Waals surface area (Å²) in [6.07, 6.45) is 0. The van der Waals surface area contributed by atoms with E-state index in [4.69, 9.17) is 22.0 Å². The van der Waals surface area contributed by atoms with Gasteiger partial charge in [-0.05, 0) is 22.4 Å². The molecule has 13 nitrogen and oxygen atoms in total. The Hall–Kier alpha value is -3.31. The number of aromatic amines is 1. The summed E-state index contributed by atoms with van der Waals surface area (Å²) in [6, 6.07) is 8.06. The van der Waals surface area contributed by atoms with Crippen molar-refractivity contribution in [2.75, 3.05) is 6.54 Å². The van der Waals surface area contributed by atoms with Gasteiger partial charge in [0, 0.05) is 12.1 Å². The highest BCUT2D eigenvalue weighted by Crippen LogP contribution is 2.42. The fourth-order valence-corrected chi connectivity index (χ4v) is 6.07. The van der Waals surface area contributed by atoms with Crippen molar-refractivity contribution in [3.05, 3.63) is 40.9 Å². The molecule has 4 rings (SSSR count). The Balaban J connectivity index is 2.16. The molecule has 1 atom stereocenters. The minimum atomic E-state index is -4.49. The molecular formula is C17H17N9O4S3. The number of aromatic nitrogens is 5. The van der Waals surface area contributed by atoms with Crippen LogP contribution in [0.25, 0.3) is 32.7 Å². The van der Waals surface area contributed by atoms with Crippen molar-refractivity contribution in [1.29, 1.82) is 5.41 Å². The van der Waals surface area contributed by atoms with Gasteiger partial charge in [0.2, 0.25) is 15.8 Å². The highest BCUT2D eigenvalue weighted by Gasteiger charge is 2.31. The zero-order chi connectivity index (χ0) is 23.9. The summed E-state index contributed by atoms with van der Waals surface area (Å²) in [4.78, 5) is 3.94. The third-order valence-electron chi connectivity index (χ3n) is 4.82. The lowest BCUT2D eigenvalue weighted by Gasteiger charge is -2.18. The largest absolute Gasteiger partial charge is 0.382 e. The molecule has 0 saturated heterocycles. The predicted octanol–water partition coefficient (Wildman–Crippen LogP) is -0.314. The Labute approximate surface area is 192 Å². The molecule has 2 heterocycles. The Morgan fingerprint density at radius 1 is 1.21 bits per heavy atom. The van der Waals surface area contributed by atoms with Crippen LogP contribution in [0.2, 0.25) is 0 Å². The number of fused-ring (bicyclic) bond motifs is 1. The molecule has 33 heavy (non-hydrogen) atoms. The quantitative estimate of drug-likeness (QED) is 0.108. The van der Waals surface area contributed by atoms with Crippen molar-refractivity contribution in [2.45, 2.75) is 10.1 Å². The molecule has 4 aromatic rings. The van der Waals surface area contributed by atoms with E-state index in [1.54, 1.807) is 18.2 Å². The first-order valence-electron chi connectivity index (χ1n) is 9.14. The lowest BCUT2D eigenvalue weighted by atomic mass is 9.95. The topological polar surface area (TPSA) is 238 Å². The number of primary sulfonamides is 1. The fraction of sp³-hybridized carbons (Fsp3) is 0.118. The van der Waals surface area contributed by atoms with Crippen LogP contribution in [-0.4, -0.2) is 54.8 Å². The van der Waals surface area contributed by atoms with Crippen LogP contribution in [0.3, 0.4) is 0 Å². The van der Waals surface area contributed by atoms with E-state index in [1.807, 2.05) is 0 Å². The number of benzene rings is 2. The molecule has 0 amide bonds. The highest BCUT2D eigenvalue weighted by molar-refractivity contribution is 7.89. The van der Waals surface area contributed by atoms with Crippen molar-refractivity contribution in [1.82, 2.24) is 25.6 Å². The standard InChI is InChI=1S/C17H17N9O4S3/c18-6-11(32(27)28)9-5-4-7(12(14(9)33(21,29)30)16-23-25-26-24-16)8-2-1-3-10-13(8)22-17(31-10)15(19)20/h1-5,11,32H,6,18H2,(H3,19,20)(H2,21,29,30)(H,23,24,25,26). The first kappa shape index (κ1) is 22.9. The van der Waals surface area contributed by atoms with Crippen LogP contribution in [-0.2, 0) is 20.7 Å². The van der Waals surface area contributed by atoms with Crippen molar-refractivity contribution < 1.29 is 16.8 Å². The van der Waals surface area contributed by atoms with Crippen molar-refractivity contribution in [3.8, 4) is 22.5 Å². The number of nitrogens with zero attached hydrogens (tertiary/aromatic N) is 4. The molecule has 0 radical (unpaired) electrons. The number of sulfonamides is 1. The Kier molecular flexibility index (Phi) is 5.93. The molecule has 16 heteroatoms. The van der Waals surface area contributed by atoms with Gasteiger partial charge in [-0.2, -0.15) is 5.21 Å². The molecule has 0 aliphatic heterocycles. The average molecular weight is 508 g/mol. The van der Waals surface area contributed by atoms with E-state index in [2.05, 4.69) is 25.6 Å². The molecule has 0 saturated carbocycles. The van der Waals surface area contributed by atoms with Crippen molar-refractivity contribution in [2.24, 2.45) is 16.6 Å². The first-order valence-corrected chi connectivity index (χ1v) is 12.8. The maximum absolute atomic E-state index is 12.7. The number of thiazole rings is 1. The first-order chi connectivity index (χ1) is 15.6. The number of hydrogen-bond donors (Lipinski definition) is 6. The number of nitrogens with two attached hydrogens (primary N) is 3. The number of amidine groups is 1. The number of nitrogen functional groups attached to an aromatic ring is 1. The number of tetrazole rings is 1. The van der Waals surface area contributed by atoms with E-state index < -0.39 is 30.9 Å². The summed E-state index contributed by atoms with van der Waals surface area (Å²) in [5, 5.41) is 25.8. The summed E-state index contributed by atoms with van der Waals surface area (Å²) in [5.41, 5.74) is 12.3. The Bertz CT molecular complexity index is 1550. The van der Waals surface area contributed by atoms with Crippen LogP contribution in [0, 0.1) is 5.41 Å². The monoisotopic (exact) mass is 507 g/mol. The number of hydrogen-bond acceptors (Lipinski definition) is 11. The molecule has 0 aliphatic rings. The molecule has 2 aromatic heterocycles. The molecule has 172 valence electrons. The number of nitrogens with one attached hydrogen (secondary N) is 2. The van der Waals surface area contributed by atoms with Crippen LogP contribution in [0.1, 0.15) is 15.8 Å². The lowest BCUT2D eigenvalue weighted by molar-refractivity contribution is 0.594. The summed E-state index contributed by atoms with van der Waals surface area (Å²) < 4.78 is 49.9. The second kappa shape index (κ2) is 8.56. The third kappa shape index (κ3) is 4.09. The molecule has 0 fully saturated rings. The van der Waals surface area contributed by atoms with Gasteiger partial charge >= 0.3 is 0 Å². The van der Waals surface area contributed by atoms with Gasteiger partial charge in [0.15, 0.2) is 10.8 Å². The van der Waals surface area contributed by atoms with Crippen LogP contribution < -0.4 is 16.6 Å². The van der Waals surface area contributed by atoms with Gasteiger partial charge in [-0.25, -0.2) is 27.0 Å².